The lowest BCUT2D eigenvalue weighted by Crippen LogP contribution is -2.32. The summed E-state index contributed by atoms with van der Waals surface area (Å²) in [6.07, 6.45) is 11.7. The maximum atomic E-state index is 4.94. The summed E-state index contributed by atoms with van der Waals surface area (Å²) in [5.41, 5.74) is 2.26. The molecule has 4 rings (SSSR count). The minimum atomic E-state index is 0.397. The van der Waals surface area contributed by atoms with Gasteiger partial charge in [-0.05, 0) is 44.1 Å². The van der Waals surface area contributed by atoms with E-state index in [0.29, 0.717) is 6.04 Å². The van der Waals surface area contributed by atoms with Crippen molar-refractivity contribution in [3.8, 4) is 11.3 Å². The second-order valence-corrected chi connectivity index (χ2v) is 7.26. The van der Waals surface area contributed by atoms with Crippen LogP contribution in [0.25, 0.3) is 11.3 Å². The maximum Gasteiger partial charge on any atom is 0.124 e. The Morgan fingerprint density at radius 3 is 2.57 bits per heavy atom. The fraction of sp³-hybridized carbons (Fsp3) is 0.550. The summed E-state index contributed by atoms with van der Waals surface area (Å²) in [6.45, 7) is 1.16. The molecule has 1 aromatic heterocycles. The van der Waals surface area contributed by atoms with Gasteiger partial charge in [0, 0.05) is 11.8 Å². The Bertz CT molecular complexity index is 609. The van der Waals surface area contributed by atoms with E-state index in [4.69, 9.17) is 4.98 Å². The second-order valence-electron chi connectivity index (χ2n) is 7.26. The number of nitrogens with one attached hydrogen (secondary N) is 2. The molecule has 1 heterocycles. The predicted molar refractivity (Wildman–Crippen MR) is 94.1 cm³/mol. The molecular formula is C20H27N3. The highest BCUT2D eigenvalue weighted by molar-refractivity contribution is 5.58. The van der Waals surface area contributed by atoms with Crippen LogP contribution in [0.4, 0.5) is 0 Å². The molecule has 2 aliphatic carbocycles. The lowest BCUT2D eigenvalue weighted by molar-refractivity contribution is 0.262. The van der Waals surface area contributed by atoms with E-state index in [9.17, 15) is 0 Å². The van der Waals surface area contributed by atoms with Gasteiger partial charge in [0.15, 0.2) is 0 Å². The van der Waals surface area contributed by atoms with E-state index >= 15 is 0 Å². The van der Waals surface area contributed by atoms with Crippen LogP contribution >= 0.6 is 0 Å². The van der Waals surface area contributed by atoms with Gasteiger partial charge in [0.1, 0.15) is 5.82 Å². The summed E-state index contributed by atoms with van der Waals surface area (Å²) in [6, 6.07) is 10.9. The molecule has 3 heteroatoms. The standard InChI is InChI=1S/C20H27N3/c1-3-7-16(8-4-1)18-14-22-20(23-18)19(21-13-15-11-12-15)17-9-5-2-6-10-17/h1,3-4,7-8,14-15,17,19,21H,2,5-6,9-13H2,(H,22,23)/t19-/m0/s1. The molecule has 1 aromatic carbocycles. The van der Waals surface area contributed by atoms with E-state index in [1.54, 1.807) is 0 Å². The van der Waals surface area contributed by atoms with E-state index in [2.05, 4.69) is 46.8 Å². The van der Waals surface area contributed by atoms with E-state index in [1.165, 1.54) is 50.5 Å². The number of hydrogen-bond donors (Lipinski definition) is 2. The molecule has 23 heavy (non-hydrogen) atoms. The summed E-state index contributed by atoms with van der Waals surface area (Å²) in [5.74, 6) is 2.78. The van der Waals surface area contributed by atoms with Crippen LogP contribution in [0.15, 0.2) is 36.5 Å². The van der Waals surface area contributed by atoms with Gasteiger partial charge in [0.05, 0.1) is 11.7 Å². The van der Waals surface area contributed by atoms with Crippen molar-refractivity contribution in [3.63, 3.8) is 0 Å². The maximum absolute atomic E-state index is 4.94. The molecule has 0 aliphatic heterocycles. The number of rotatable bonds is 6. The van der Waals surface area contributed by atoms with Crippen LogP contribution in [0, 0.1) is 11.8 Å². The van der Waals surface area contributed by atoms with Crippen LogP contribution in [0.3, 0.4) is 0 Å². The molecular weight excluding hydrogens is 282 g/mol. The third-order valence-corrected chi connectivity index (χ3v) is 5.41. The Balaban J connectivity index is 1.53. The minimum Gasteiger partial charge on any atom is -0.347 e. The smallest absolute Gasteiger partial charge is 0.124 e. The molecule has 3 nitrogen and oxygen atoms in total. The zero-order chi connectivity index (χ0) is 15.5. The molecule has 0 saturated heterocycles. The van der Waals surface area contributed by atoms with Gasteiger partial charge in [-0.25, -0.2) is 4.98 Å². The molecule has 2 saturated carbocycles. The number of nitrogens with zero attached hydrogens (tertiary/aromatic N) is 1. The van der Waals surface area contributed by atoms with Crippen LogP contribution < -0.4 is 5.32 Å². The lowest BCUT2D eigenvalue weighted by Gasteiger charge is -2.30. The van der Waals surface area contributed by atoms with Gasteiger partial charge in [0.2, 0.25) is 0 Å². The Morgan fingerprint density at radius 1 is 1.04 bits per heavy atom. The molecule has 1 atom stereocenters. The molecule has 2 aliphatic rings. The molecule has 2 N–H and O–H groups in total. The van der Waals surface area contributed by atoms with Crippen molar-refractivity contribution in [2.45, 2.75) is 51.0 Å². The highest BCUT2D eigenvalue weighted by atomic mass is 15.0. The molecule has 122 valence electrons. The van der Waals surface area contributed by atoms with Crippen LogP contribution in [0.5, 0.6) is 0 Å². The Morgan fingerprint density at radius 2 is 1.83 bits per heavy atom. The summed E-state index contributed by atoms with van der Waals surface area (Å²) >= 11 is 0. The number of aromatic nitrogens is 2. The van der Waals surface area contributed by atoms with Crippen molar-refractivity contribution in [2.75, 3.05) is 6.54 Å². The first-order valence-electron chi connectivity index (χ1n) is 9.24. The topological polar surface area (TPSA) is 40.7 Å². The monoisotopic (exact) mass is 309 g/mol. The number of hydrogen-bond acceptors (Lipinski definition) is 2. The van der Waals surface area contributed by atoms with Gasteiger partial charge in [-0.3, -0.25) is 0 Å². The van der Waals surface area contributed by atoms with Gasteiger partial charge in [0.25, 0.3) is 0 Å². The van der Waals surface area contributed by atoms with Gasteiger partial charge in [-0.2, -0.15) is 0 Å². The summed E-state index contributed by atoms with van der Waals surface area (Å²) in [4.78, 5) is 8.41. The van der Waals surface area contributed by atoms with Crippen LogP contribution in [-0.4, -0.2) is 16.5 Å². The van der Waals surface area contributed by atoms with Gasteiger partial charge >= 0.3 is 0 Å². The van der Waals surface area contributed by atoms with Crippen molar-refractivity contribution in [2.24, 2.45) is 11.8 Å². The van der Waals surface area contributed by atoms with Gasteiger partial charge in [-0.1, -0.05) is 49.6 Å². The third kappa shape index (κ3) is 3.66. The largest absolute Gasteiger partial charge is 0.347 e. The Kier molecular flexibility index (Phi) is 4.47. The average Bonchev–Trinajstić information content (AvgIpc) is 3.32. The fourth-order valence-electron chi connectivity index (χ4n) is 3.82. The SMILES string of the molecule is c1ccc(-c2c[nH]c([C@@H](NCC3CC3)C3CCCCC3)n2)cc1. The Hall–Kier alpha value is -1.61. The van der Waals surface area contributed by atoms with Crippen molar-refractivity contribution in [3.05, 3.63) is 42.4 Å². The average molecular weight is 309 g/mol. The first-order chi connectivity index (χ1) is 11.4. The number of benzene rings is 1. The molecule has 0 amide bonds. The van der Waals surface area contributed by atoms with E-state index in [-0.39, 0.29) is 0 Å². The molecule has 2 aromatic rings. The summed E-state index contributed by atoms with van der Waals surface area (Å²) in [7, 11) is 0. The molecule has 0 unspecified atom stereocenters. The molecule has 2 fully saturated rings. The zero-order valence-corrected chi connectivity index (χ0v) is 13.8. The van der Waals surface area contributed by atoms with Gasteiger partial charge in [-0.15, -0.1) is 0 Å². The lowest BCUT2D eigenvalue weighted by atomic mass is 9.83. The number of H-pyrrole nitrogens is 1. The third-order valence-electron chi connectivity index (χ3n) is 5.41. The normalized spacial score (nSPS) is 20.5. The zero-order valence-electron chi connectivity index (χ0n) is 13.8. The van der Waals surface area contributed by atoms with Crippen molar-refractivity contribution in [1.29, 1.82) is 0 Å². The number of aromatic amines is 1. The highest BCUT2D eigenvalue weighted by Gasteiger charge is 2.29. The van der Waals surface area contributed by atoms with E-state index in [1.807, 2.05) is 0 Å². The van der Waals surface area contributed by atoms with Crippen LogP contribution in [0.2, 0.25) is 0 Å². The predicted octanol–water partition coefficient (Wildman–Crippen LogP) is 4.70. The fourth-order valence-corrected chi connectivity index (χ4v) is 3.82. The highest BCUT2D eigenvalue weighted by Crippen LogP contribution is 2.35. The van der Waals surface area contributed by atoms with E-state index in [0.717, 1.165) is 29.9 Å². The van der Waals surface area contributed by atoms with Crippen molar-refractivity contribution in [1.82, 2.24) is 15.3 Å². The van der Waals surface area contributed by atoms with Crippen molar-refractivity contribution < 1.29 is 0 Å². The summed E-state index contributed by atoms with van der Waals surface area (Å²) < 4.78 is 0. The van der Waals surface area contributed by atoms with Crippen molar-refractivity contribution >= 4 is 0 Å². The number of imidazole rings is 1. The summed E-state index contributed by atoms with van der Waals surface area (Å²) in [5, 5.41) is 3.84. The molecule has 0 bridgehead atoms. The first-order valence-corrected chi connectivity index (χ1v) is 9.24. The van der Waals surface area contributed by atoms with E-state index < -0.39 is 0 Å². The quantitative estimate of drug-likeness (QED) is 0.812. The first kappa shape index (κ1) is 14.9. The molecule has 0 radical (unpaired) electrons. The van der Waals surface area contributed by atoms with Crippen LogP contribution in [0.1, 0.15) is 56.8 Å². The Labute approximate surface area is 138 Å². The minimum absolute atomic E-state index is 0.397. The van der Waals surface area contributed by atoms with Gasteiger partial charge < -0.3 is 10.3 Å². The van der Waals surface area contributed by atoms with Crippen LogP contribution in [-0.2, 0) is 0 Å². The second kappa shape index (κ2) is 6.88. The molecule has 0 spiro atoms.